The second-order valence-corrected chi connectivity index (χ2v) is 8.22. The van der Waals surface area contributed by atoms with E-state index >= 15 is 0 Å². The maximum Gasteiger partial charge on any atom is 0.244 e. The molecule has 114 valence electrons. The number of hydrogen-bond acceptors (Lipinski definition) is 3. The van der Waals surface area contributed by atoms with Crippen molar-refractivity contribution in [2.75, 3.05) is 19.7 Å². The van der Waals surface area contributed by atoms with Crippen LogP contribution in [-0.4, -0.2) is 37.5 Å². The fourth-order valence-electron chi connectivity index (χ4n) is 1.85. The van der Waals surface area contributed by atoms with Crippen LogP contribution >= 0.6 is 11.6 Å². The molecule has 1 N–H and O–H groups in total. The van der Waals surface area contributed by atoms with Gasteiger partial charge in [-0.1, -0.05) is 44.5 Å². The Morgan fingerprint density at radius 1 is 1.25 bits per heavy atom. The van der Waals surface area contributed by atoms with Crippen LogP contribution in [0.4, 0.5) is 0 Å². The van der Waals surface area contributed by atoms with Gasteiger partial charge in [-0.2, -0.15) is 4.31 Å². The standard InChI is InChI=1S/C14H22ClNO3S/c1-14(2,3)11-16(9-6-10-17)20(18,19)13-8-5-4-7-12(13)15/h4-5,7-8,17H,6,9-11H2,1-3H3. The van der Waals surface area contributed by atoms with Crippen molar-refractivity contribution in [3.05, 3.63) is 29.3 Å². The average molecular weight is 320 g/mol. The number of rotatable bonds is 6. The van der Waals surface area contributed by atoms with Crippen LogP contribution in [0.3, 0.4) is 0 Å². The van der Waals surface area contributed by atoms with E-state index in [-0.39, 0.29) is 28.5 Å². The number of hydrogen-bond donors (Lipinski definition) is 1. The highest BCUT2D eigenvalue weighted by molar-refractivity contribution is 7.89. The molecule has 1 aromatic carbocycles. The normalized spacial score (nSPS) is 12.9. The van der Waals surface area contributed by atoms with Gasteiger partial charge in [0.25, 0.3) is 0 Å². The van der Waals surface area contributed by atoms with E-state index in [2.05, 4.69) is 0 Å². The zero-order chi connectivity index (χ0) is 15.4. The molecule has 6 heteroatoms. The van der Waals surface area contributed by atoms with E-state index in [1.54, 1.807) is 18.2 Å². The molecule has 0 heterocycles. The molecular weight excluding hydrogens is 298 g/mol. The molecule has 0 saturated heterocycles. The number of halogens is 1. The minimum atomic E-state index is -3.65. The highest BCUT2D eigenvalue weighted by atomic mass is 35.5. The van der Waals surface area contributed by atoms with Crippen LogP contribution < -0.4 is 0 Å². The molecule has 1 rings (SSSR count). The summed E-state index contributed by atoms with van der Waals surface area (Å²) in [6.07, 6.45) is 0.403. The van der Waals surface area contributed by atoms with E-state index in [1.807, 2.05) is 20.8 Å². The Balaban J connectivity index is 3.14. The van der Waals surface area contributed by atoms with E-state index in [1.165, 1.54) is 10.4 Å². The number of nitrogens with zero attached hydrogens (tertiary/aromatic N) is 1. The lowest BCUT2D eigenvalue weighted by molar-refractivity contribution is 0.241. The van der Waals surface area contributed by atoms with Crippen molar-refractivity contribution in [1.29, 1.82) is 0 Å². The maximum atomic E-state index is 12.7. The lowest BCUT2D eigenvalue weighted by atomic mass is 9.97. The summed E-state index contributed by atoms with van der Waals surface area (Å²) in [6.45, 7) is 6.53. The van der Waals surface area contributed by atoms with Crippen LogP contribution in [0.15, 0.2) is 29.2 Å². The summed E-state index contributed by atoms with van der Waals surface area (Å²) < 4.78 is 26.8. The summed E-state index contributed by atoms with van der Waals surface area (Å²) >= 11 is 6.00. The first-order valence-corrected chi connectivity index (χ1v) is 8.36. The smallest absolute Gasteiger partial charge is 0.244 e. The molecule has 0 atom stereocenters. The number of sulfonamides is 1. The van der Waals surface area contributed by atoms with Crippen LogP contribution in [-0.2, 0) is 10.0 Å². The molecule has 0 unspecified atom stereocenters. The predicted molar refractivity (Wildman–Crippen MR) is 81.4 cm³/mol. The van der Waals surface area contributed by atoms with Gasteiger partial charge in [0, 0.05) is 19.7 Å². The van der Waals surface area contributed by atoms with Gasteiger partial charge in [0.2, 0.25) is 10.0 Å². The lowest BCUT2D eigenvalue weighted by Crippen LogP contribution is -2.38. The zero-order valence-electron chi connectivity index (χ0n) is 12.1. The summed E-state index contributed by atoms with van der Waals surface area (Å²) in [7, 11) is -3.65. The predicted octanol–water partition coefficient (Wildman–Crippen LogP) is 2.76. The van der Waals surface area contributed by atoms with E-state index < -0.39 is 10.0 Å². The van der Waals surface area contributed by atoms with Crippen molar-refractivity contribution in [1.82, 2.24) is 4.31 Å². The first kappa shape index (κ1) is 17.4. The van der Waals surface area contributed by atoms with Gasteiger partial charge in [-0.3, -0.25) is 0 Å². The SMILES string of the molecule is CC(C)(C)CN(CCCO)S(=O)(=O)c1ccccc1Cl. The maximum absolute atomic E-state index is 12.7. The quantitative estimate of drug-likeness (QED) is 0.877. The van der Waals surface area contributed by atoms with E-state index in [4.69, 9.17) is 16.7 Å². The summed E-state index contributed by atoms with van der Waals surface area (Å²) in [5.41, 5.74) is -0.177. The number of aliphatic hydroxyl groups excluding tert-OH is 1. The molecule has 0 saturated carbocycles. The van der Waals surface area contributed by atoms with Gasteiger partial charge in [0.05, 0.1) is 5.02 Å². The zero-order valence-corrected chi connectivity index (χ0v) is 13.7. The molecule has 0 aliphatic rings. The minimum absolute atomic E-state index is 0.0430. The largest absolute Gasteiger partial charge is 0.396 e. The molecule has 0 spiro atoms. The van der Waals surface area contributed by atoms with Crippen molar-refractivity contribution in [2.24, 2.45) is 5.41 Å². The van der Waals surface area contributed by atoms with Crippen molar-refractivity contribution in [3.63, 3.8) is 0 Å². The Morgan fingerprint density at radius 2 is 1.85 bits per heavy atom. The van der Waals surface area contributed by atoms with E-state index in [0.29, 0.717) is 13.0 Å². The Labute approximate surface area is 126 Å². The fourth-order valence-corrected chi connectivity index (χ4v) is 4.05. The van der Waals surface area contributed by atoms with Gasteiger partial charge in [-0.15, -0.1) is 0 Å². The van der Waals surface area contributed by atoms with Crippen molar-refractivity contribution in [3.8, 4) is 0 Å². The molecular formula is C14H22ClNO3S. The monoisotopic (exact) mass is 319 g/mol. The van der Waals surface area contributed by atoms with Crippen molar-refractivity contribution in [2.45, 2.75) is 32.1 Å². The van der Waals surface area contributed by atoms with Crippen LogP contribution in [0, 0.1) is 5.41 Å². The van der Waals surface area contributed by atoms with Crippen LogP contribution in [0.2, 0.25) is 5.02 Å². The summed E-state index contributed by atoms with van der Waals surface area (Å²) in [6, 6.07) is 6.42. The molecule has 4 nitrogen and oxygen atoms in total. The van der Waals surface area contributed by atoms with E-state index in [0.717, 1.165) is 0 Å². The van der Waals surface area contributed by atoms with Crippen molar-refractivity contribution < 1.29 is 13.5 Å². The first-order valence-electron chi connectivity index (χ1n) is 6.54. The van der Waals surface area contributed by atoms with Gasteiger partial charge in [0.1, 0.15) is 4.90 Å². The average Bonchev–Trinajstić information content (AvgIpc) is 2.33. The van der Waals surface area contributed by atoms with Crippen LogP contribution in [0.25, 0.3) is 0 Å². The highest BCUT2D eigenvalue weighted by Crippen LogP contribution is 2.27. The topological polar surface area (TPSA) is 57.6 Å². The fraction of sp³-hybridized carbons (Fsp3) is 0.571. The molecule has 0 fully saturated rings. The van der Waals surface area contributed by atoms with Crippen LogP contribution in [0.1, 0.15) is 27.2 Å². The van der Waals surface area contributed by atoms with Gasteiger partial charge >= 0.3 is 0 Å². The van der Waals surface area contributed by atoms with Gasteiger partial charge in [-0.25, -0.2) is 8.42 Å². The second kappa shape index (κ2) is 6.89. The summed E-state index contributed by atoms with van der Waals surface area (Å²) in [5, 5.41) is 9.17. The molecule has 20 heavy (non-hydrogen) atoms. The third-order valence-electron chi connectivity index (χ3n) is 2.67. The minimum Gasteiger partial charge on any atom is -0.396 e. The van der Waals surface area contributed by atoms with E-state index in [9.17, 15) is 8.42 Å². The van der Waals surface area contributed by atoms with Gasteiger partial charge in [-0.05, 0) is 24.0 Å². The molecule has 1 aromatic rings. The molecule has 0 radical (unpaired) electrons. The second-order valence-electron chi connectivity index (χ2n) is 5.91. The summed E-state index contributed by atoms with van der Waals surface area (Å²) in [5.74, 6) is 0. The van der Waals surface area contributed by atoms with Crippen molar-refractivity contribution >= 4 is 21.6 Å². The Bertz CT molecular complexity index is 538. The molecule has 0 bridgehead atoms. The van der Waals surface area contributed by atoms with Gasteiger partial charge < -0.3 is 5.11 Å². The third kappa shape index (κ3) is 4.74. The Kier molecular flexibility index (Phi) is 6.01. The molecule has 0 aromatic heterocycles. The molecule has 0 aliphatic heterocycles. The Morgan fingerprint density at radius 3 is 2.35 bits per heavy atom. The lowest BCUT2D eigenvalue weighted by Gasteiger charge is -2.29. The summed E-state index contributed by atoms with van der Waals surface area (Å²) in [4.78, 5) is 0.115. The Hall–Kier alpha value is -0.620. The highest BCUT2D eigenvalue weighted by Gasteiger charge is 2.29. The molecule has 0 amide bonds. The first-order chi connectivity index (χ1) is 9.18. The van der Waals surface area contributed by atoms with Crippen LogP contribution in [0.5, 0.6) is 0 Å². The number of benzene rings is 1. The third-order valence-corrected chi connectivity index (χ3v) is 5.02. The molecule has 0 aliphatic carbocycles. The number of aliphatic hydroxyl groups is 1. The van der Waals surface area contributed by atoms with Gasteiger partial charge in [0.15, 0.2) is 0 Å².